The number of nitrogens with zero attached hydrogens (tertiary/aromatic N) is 1. The van der Waals surface area contributed by atoms with Crippen LogP contribution in [0.1, 0.15) is 32.6 Å². The first kappa shape index (κ1) is 12.5. The molecule has 0 aromatic rings. The van der Waals surface area contributed by atoms with E-state index < -0.39 is 0 Å². The summed E-state index contributed by atoms with van der Waals surface area (Å²) in [7, 11) is 1.82. The number of carbonyl (C=O) groups excluding carboxylic acids is 1. The Hall–Kier alpha value is -0.610. The molecule has 2 unspecified atom stereocenters. The summed E-state index contributed by atoms with van der Waals surface area (Å²) in [4.78, 5) is 13.6. The van der Waals surface area contributed by atoms with Crippen molar-refractivity contribution in [2.75, 3.05) is 20.2 Å². The molecule has 0 bridgehead atoms. The molecule has 1 rings (SSSR count). The number of amides is 1. The van der Waals surface area contributed by atoms with E-state index in [1.807, 2.05) is 14.0 Å². The summed E-state index contributed by atoms with van der Waals surface area (Å²) in [5, 5.41) is 0. The maximum Gasteiger partial charge on any atom is 0.251 e. The molecule has 0 spiro atoms. The fourth-order valence-electron chi connectivity index (χ4n) is 1.69. The molecule has 1 aliphatic heterocycles. The third kappa shape index (κ3) is 4.18. The molecule has 88 valence electrons. The van der Waals surface area contributed by atoms with Crippen LogP contribution in [-0.4, -0.2) is 43.2 Å². The Balaban J connectivity index is 2.30. The zero-order chi connectivity index (χ0) is 11.3. The number of hydrogen-bond donors (Lipinski definition) is 1. The minimum atomic E-state index is -0.211. The second-order valence-corrected chi connectivity index (χ2v) is 4.38. The van der Waals surface area contributed by atoms with Crippen molar-refractivity contribution in [3.8, 4) is 0 Å². The fourth-order valence-corrected chi connectivity index (χ4v) is 1.69. The summed E-state index contributed by atoms with van der Waals surface area (Å²) >= 11 is 0. The van der Waals surface area contributed by atoms with Crippen LogP contribution in [0.5, 0.6) is 0 Å². The molecular weight excluding hydrogens is 192 g/mol. The van der Waals surface area contributed by atoms with Gasteiger partial charge in [-0.1, -0.05) is 0 Å². The number of hydrogen-bond acceptors (Lipinski definition) is 3. The van der Waals surface area contributed by atoms with Crippen molar-refractivity contribution in [1.82, 2.24) is 4.90 Å². The van der Waals surface area contributed by atoms with Crippen molar-refractivity contribution in [1.29, 1.82) is 0 Å². The summed E-state index contributed by atoms with van der Waals surface area (Å²) < 4.78 is 5.45. The summed E-state index contributed by atoms with van der Waals surface area (Å²) in [5.41, 5.74) is 5.65. The van der Waals surface area contributed by atoms with Gasteiger partial charge in [-0.2, -0.15) is 0 Å². The van der Waals surface area contributed by atoms with E-state index in [4.69, 9.17) is 10.5 Å². The number of rotatable bonds is 4. The number of carbonyl (C=O) groups is 1. The minimum Gasteiger partial charge on any atom is -0.368 e. The molecule has 0 radical (unpaired) electrons. The van der Waals surface area contributed by atoms with Crippen LogP contribution in [0.25, 0.3) is 0 Å². The molecular formula is C11H22N2O2. The molecule has 1 amide bonds. The van der Waals surface area contributed by atoms with Gasteiger partial charge in [-0.15, -0.1) is 0 Å². The normalized spacial score (nSPS) is 23.5. The summed E-state index contributed by atoms with van der Waals surface area (Å²) in [5.74, 6) is 0.107. The maximum atomic E-state index is 11.9. The van der Waals surface area contributed by atoms with Crippen molar-refractivity contribution < 1.29 is 9.53 Å². The van der Waals surface area contributed by atoms with Gasteiger partial charge in [0.05, 0.1) is 0 Å². The number of ether oxygens (including phenoxy) is 1. The van der Waals surface area contributed by atoms with Crippen LogP contribution in [0, 0.1) is 0 Å². The van der Waals surface area contributed by atoms with Crippen molar-refractivity contribution >= 4 is 5.91 Å². The van der Waals surface area contributed by atoms with E-state index >= 15 is 0 Å². The molecule has 1 aliphatic rings. The van der Waals surface area contributed by atoms with Crippen LogP contribution in [0.4, 0.5) is 0 Å². The lowest BCUT2D eigenvalue weighted by Gasteiger charge is -2.27. The molecule has 15 heavy (non-hydrogen) atoms. The molecule has 1 fully saturated rings. The van der Waals surface area contributed by atoms with Gasteiger partial charge in [-0.25, -0.2) is 0 Å². The highest BCUT2D eigenvalue weighted by atomic mass is 16.5. The van der Waals surface area contributed by atoms with Gasteiger partial charge in [0.25, 0.3) is 5.91 Å². The predicted octanol–water partition coefficient (Wildman–Crippen LogP) is 0.751. The van der Waals surface area contributed by atoms with Crippen molar-refractivity contribution in [3.63, 3.8) is 0 Å². The Bertz CT molecular complexity index is 201. The molecule has 4 nitrogen and oxygen atoms in total. The third-order valence-corrected chi connectivity index (χ3v) is 2.75. The van der Waals surface area contributed by atoms with E-state index in [-0.39, 0.29) is 18.1 Å². The fraction of sp³-hybridized carbons (Fsp3) is 0.909. The zero-order valence-electron chi connectivity index (χ0n) is 9.74. The van der Waals surface area contributed by atoms with E-state index in [0.29, 0.717) is 0 Å². The van der Waals surface area contributed by atoms with E-state index in [1.165, 1.54) is 0 Å². The first-order valence-corrected chi connectivity index (χ1v) is 5.73. The monoisotopic (exact) mass is 214 g/mol. The molecule has 2 atom stereocenters. The van der Waals surface area contributed by atoms with Gasteiger partial charge in [0, 0.05) is 26.2 Å². The Kier molecular flexibility index (Phi) is 5.05. The average molecular weight is 214 g/mol. The second-order valence-electron chi connectivity index (χ2n) is 4.38. The minimum absolute atomic E-state index is 0.107. The lowest BCUT2D eigenvalue weighted by Crippen LogP contribution is -2.41. The predicted molar refractivity (Wildman–Crippen MR) is 59.5 cm³/mol. The van der Waals surface area contributed by atoms with Crippen molar-refractivity contribution in [3.05, 3.63) is 0 Å². The summed E-state index contributed by atoms with van der Waals surface area (Å²) in [6.45, 7) is 3.39. The van der Waals surface area contributed by atoms with Crippen LogP contribution in [0.15, 0.2) is 0 Å². The second kappa shape index (κ2) is 6.08. The molecule has 0 saturated carbocycles. The Morgan fingerprint density at radius 2 is 2.33 bits per heavy atom. The summed E-state index contributed by atoms with van der Waals surface area (Å²) in [6, 6.07) is 0.146. The zero-order valence-corrected chi connectivity index (χ0v) is 9.74. The summed E-state index contributed by atoms with van der Waals surface area (Å²) in [6.07, 6.45) is 3.66. The van der Waals surface area contributed by atoms with Gasteiger partial charge in [0.15, 0.2) is 0 Å². The Labute approximate surface area is 91.8 Å². The largest absolute Gasteiger partial charge is 0.368 e. The highest BCUT2D eigenvalue weighted by molar-refractivity contribution is 5.80. The molecule has 4 heteroatoms. The van der Waals surface area contributed by atoms with Crippen molar-refractivity contribution in [2.24, 2.45) is 5.73 Å². The van der Waals surface area contributed by atoms with Gasteiger partial charge in [-0.3, -0.25) is 4.79 Å². The van der Waals surface area contributed by atoms with Crippen LogP contribution in [0.2, 0.25) is 0 Å². The van der Waals surface area contributed by atoms with Crippen molar-refractivity contribution in [2.45, 2.75) is 44.8 Å². The Morgan fingerprint density at radius 1 is 1.60 bits per heavy atom. The number of nitrogens with two attached hydrogens (primary N) is 1. The van der Waals surface area contributed by atoms with E-state index in [2.05, 4.69) is 0 Å². The van der Waals surface area contributed by atoms with Crippen LogP contribution < -0.4 is 5.73 Å². The van der Waals surface area contributed by atoms with Gasteiger partial charge < -0.3 is 15.4 Å². The third-order valence-electron chi connectivity index (χ3n) is 2.75. The molecule has 0 aliphatic carbocycles. The quantitative estimate of drug-likeness (QED) is 0.751. The topological polar surface area (TPSA) is 55.6 Å². The molecule has 1 heterocycles. The highest BCUT2D eigenvalue weighted by Gasteiger charge is 2.24. The average Bonchev–Trinajstić information content (AvgIpc) is 2.26. The van der Waals surface area contributed by atoms with Gasteiger partial charge >= 0.3 is 0 Å². The Morgan fingerprint density at radius 3 is 2.87 bits per heavy atom. The first-order chi connectivity index (χ1) is 7.11. The van der Waals surface area contributed by atoms with Crippen LogP contribution in [-0.2, 0) is 9.53 Å². The maximum absolute atomic E-state index is 11.9. The van der Waals surface area contributed by atoms with Crippen LogP contribution >= 0.6 is 0 Å². The van der Waals surface area contributed by atoms with Crippen LogP contribution in [0.3, 0.4) is 0 Å². The van der Waals surface area contributed by atoms with E-state index in [1.54, 1.807) is 4.90 Å². The van der Waals surface area contributed by atoms with Gasteiger partial charge in [-0.05, 0) is 32.6 Å². The van der Waals surface area contributed by atoms with Gasteiger partial charge in [0.2, 0.25) is 0 Å². The first-order valence-electron chi connectivity index (χ1n) is 5.73. The number of likely N-dealkylation sites (N-methyl/N-ethyl adjacent to an activating group) is 1. The van der Waals surface area contributed by atoms with E-state index in [9.17, 15) is 4.79 Å². The molecule has 2 N–H and O–H groups in total. The smallest absolute Gasteiger partial charge is 0.251 e. The molecule has 0 aromatic heterocycles. The highest BCUT2D eigenvalue weighted by Crippen LogP contribution is 2.14. The molecule has 1 saturated heterocycles. The lowest BCUT2D eigenvalue weighted by atomic mass is 10.1. The lowest BCUT2D eigenvalue weighted by molar-refractivity contribution is -0.145. The SMILES string of the molecule is CC(N)CCN(C)C(=O)C1CCCCO1. The van der Waals surface area contributed by atoms with Gasteiger partial charge in [0.1, 0.15) is 6.10 Å². The standard InChI is InChI=1S/C11H22N2O2/c1-9(12)6-7-13(2)11(14)10-5-3-4-8-15-10/h9-10H,3-8,12H2,1-2H3. The van der Waals surface area contributed by atoms with E-state index in [0.717, 1.165) is 38.8 Å². The molecule has 0 aromatic carbocycles.